The summed E-state index contributed by atoms with van der Waals surface area (Å²) in [6.07, 6.45) is 0. The third-order valence-electron chi connectivity index (χ3n) is 2.62. The number of hydrogen-bond donors (Lipinski definition) is 0. The molecule has 2 rings (SSSR count). The molecule has 0 atom stereocenters. The van der Waals surface area contributed by atoms with E-state index in [0.29, 0.717) is 9.88 Å². The van der Waals surface area contributed by atoms with Crippen molar-refractivity contribution < 1.29 is 8.98 Å². The van der Waals surface area contributed by atoms with Crippen molar-refractivity contribution in [2.45, 2.75) is 20.8 Å². The zero-order chi connectivity index (χ0) is 14.7. The van der Waals surface area contributed by atoms with Crippen LogP contribution in [0.2, 0.25) is 0 Å². The third-order valence-corrected chi connectivity index (χ3v) is 3.55. The molecule has 2 aromatic rings. The van der Waals surface area contributed by atoms with Crippen LogP contribution in [0.3, 0.4) is 0 Å². The van der Waals surface area contributed by atoms with Crippen molar-refractivity contribution in [3.8, 4) is 0 Å². The number of aryl methyl sites for hydroxylation is 3. The highest BCUT2D eigenvalue weighted by molar-refractivity contribution is 8.20. The molecule has 1 heterocycles. The van der Waals surface area contributed by atoms with Gasteiger partial charge in [-0.25, -0.2) is 9.48 Å². The maximum atomic E-state index is 11.9. The lowest BCUT2D eigenvalue weighted by Crippen LogP contribution is -2.11. The summed E-state index contributed by atoms with van der Waals surface area (Å²) < 4.78 is 7.11. The van der Waals surface area contributed by atoms with Crippen LogP contribution in [-0.2, 0) is 4.18 Å². The Balaban J connectivity index is 2.00. The van der Waals surface area contributed by atoms with Crippen LogP contribution in [-0.4, -0.2) is 20.1 Å². The van der Waals surface area contributed by atoms with Crippen LogP contribution in [0, 0.1) is 20.8 Å². The van der Waals surface area contributed by atoms with Gasteiger partial charge in [-0.15, -0.1) is 0 Å². The van der Waals surface area contributed by atoms with Crippen LogP contribution >= 0.6 is 24.3 Å². The van der Waals surface area contributed by atoms with Gasteiger partial charge in [-0.1, -0.05) is 17.7 Å². The first-order chi connectivity index (χ1) is 9.47. The average Bonchev–Trinajstić information content (AvgIpc) is 2.74. The standard InChI is InChI=1S/C14H14N2O2S2/c1-9-5-4-6-12(7-9)13(17)18-20-14(19)16-11(3)8-10(2)15-16/h4-8H,1-3H3. The lowest BCUT2D eigenvalue weighted by molar-refractivity contribution is 0.0770. The maximum Gasteiger partial charge on any atom is 0.350 e. The fourth-order valence-electron chi connectivity index (χ4n) is 1.74. The largest absolute Gasteiger partial charge is 0.380 e. The van der Waals surface area contributed by atoms with Gasteiger partial charge in [0.15, 0.2) is 0 Å². The summed E-state index contributed by atoms with van der Waals surface area (Å²) in [5, 5.41) is 4.24. The van der Waals surface area contributed by atoms with Gasteiger partial charge in [0, 0.05) is 5.69 Å². The smallest absolute Gasteiger partial charge is 0.350 e. The Morgan fingerprint density at radius 1 is 1.30 bits per heavy atom. The number of rotatable bonds is 1. The van der Waals surface area contributed by atoms with Gasteiger partial charge in [0.25, 0.3) is 0 Å². The molecule has 0 radical (unpaired) electrons. The number of hydrogen-bond acceptors (Lipinski definition) is 5. The number of carbonyl (C=O) groups is 1. The number of carbonyl (C=O) groups excluding carboxylic acids is 1. The van der Waals surface area contributed by atoms with Crippen LogP contribution in [0.15, 0.2) is 30.3 Å². The second-order valence-corrected chi connectivity index (χ2v) is 5.79. The summed E-state index contributed by atoms with van der Waals surface area (Å²) in [5.41, 5.74) is 3.29. The fourth-order valence-corrected chi connectivity index (χ4v) is 2.53. The Kier molecular flexibility index (Phi) is 4.57. The minimum absolute atomic E-state index is 0.386. The van der Waals surface area contributed by atoms with Gasteiger partial charge in [-0.2, -0.15) is 5.10 Å². The molecule has 0 saturated heterocycles. The predicted octanol–water partition coefficient (Wildman–Crippen LogP) is 3.45. The van der Waals surface area contributed by atoms with E-state index >= 15 is 0 Å². The highest BCUT2D eigenvalue weighted by Crippen LogP contribution is 2.15. The molecule has 0 aliphatic rings. The second kappa shape index (κ2) is 6.19. The first kappa shape index (κ1) is 14.7. The van der Waals surface area contributed by atoms with Gasteiger partial charge in [-0.3, -0.25) is 0 Å². The molecular weight excluding hydrogens is 292 g/mol. The average molecular weight is 306 g/mol. The molecule has 0 bridgehead atoms. The van der Waals surface area contributed by atoms with E-state index in [4.69, 9.17) is 16.4 Å². The molecule has 6 heteroatoms. The van der Waals surface area contributed by atoms with E-state index in [2.05, 4.69) is 5.10 Å². The molecule has 0 spiro atoms. The Hall–Kier alpha value is -1.66. The van der Waals surface area contributed by atoms with Crippen molar-refractivity contribution in [1.82, 2.24) is 9.78 Å². The number of nitrogens with zero attached hydrogens (tertiary/aromatic N) is 2. The Bertz CT molecular complexity index is 665. The van der Waals surface area contributed by atoms with E-state index in [1.807, 2.05) is 39.0 Å². The van der Waals surface area contributed by atoms with E-state index in [-0.39, 0.29) is 0 Å². The molecule has 0 N–H and O–H groups in total. The van der Waals surface area contributed by atoms with Crippen molar-refractivity contribution in [2.24, 2.45) is 0 Å². The van der Waals surface area contributed by atoms with E-state index in [9.17, 15) is 4.79 Å². The normalized spacial score (nSPS) is 10.3. The van der Waals surface area contributed by atoms with E-state index in [1.165, 1.54) is 0 Å². The van der Waals surface area contributed by atoms with Crippen molar-refractivity contribution in [3.63, 3.8) is 0 Å². The molecule has 0 saturated carbocycles. The van der Waals surface area contributed by atoms with E-state index in [0.717, 1.165) is 29.0 Å². The molecule has 1 aromatic carbocycles. The van der Waals surface area contributed by atoms with Gasteiger partial charge >= 0.3 is 5.97 Å². The van der Waals surface area contributed by atoms with Gasteiger partial charge in [-0.05, 0) is 51.2 Å². The number of aromatic nitrogens is 2. The molecule has 20 heavy (non-hydrogen) atoms. The summed E-state index contributed by atoms with van der Waals surface area (Å²) in [7, 11) is 0. The highest BCUT2D eigenvalue weighted by atomic mass is 32.2. The summed E-state index contributed by atoms with van der Waals surface area (Å²) in [4.78, 5) is 11.9. The maximum absolute atomic E-state index is 11.9. The molecule has 4 nitrogen and oxygen atoms in total. The van der Waals surface area contributed by atoms with E-state index < -0.39 is 5.97 Å². The molecule has 104 valence electrons. The monoisotopic (exact) mass is 306 g/mol. The third kappa shape index (κ3) is 3.46. The molecule has 0 unspecified atom stereocenters. The quantitative estimate of drug-likeness (QED) is 0.596. The molecule has 0 amide bonds. The zero-order valence-corrected chi connectivity index (χ0v) is 13.0. The molecule has 0 aliphatic heterocycles. The summed E-state index contributed by atoms with van der Waals surface area (Å²) in [6, 6.07) is 9.13. The second-order valence-electron chi connectivity index (χ2n) is 4.43. The molecule has 1 aromatic heterocycles. The van der Waals surface area contributed by atoms with Crippen molar-refractivity contribution in [3.05, 3.63) is 52.8 Å². The Morgan fingerprint density at radius 3 is 2.65 bits per heavy atom. The van der Waals surface area contributed by atoms with Crippen LogP contribution in [0.1, 0.15) is 27.3 Å². The highest BCUT2D eigenvalue weighted by Gasteiger charge is 2.13. The van der Waals surface area contributed by atoms with Crippen LogP contribution in [0.25, 0.3) is 0 Å². The first-order valence-corrected chi connectivity index (χ1v) is 7.15. The lowest BCUT2D eigenvalue weighted by Gasteiger charge is -2.06. The molecule has 0 fully saturated rings. The topological polar surface area (TPSA) is 44.1 Å². The van der Waals surface area contributed by atoms with Crippen molar-refractivity contribution in [1.29, 1.82) is 0 Å². The van der Waals surface area contributed by atoms with Crippen molar-refractivity contribution >= 4 is 34.6 Å². The Morgan fingerprint density at radius 2 is 2.05 bits per heavy atom. The summed E-state index contributed by atoms with van der Waals surface area (Å²) >= 11 is 6.05. The van der Waals surface area contributed by atoms with Crippen LogP contribution < -0.4 is 0 Å². The number of thiocarbonyl (C=S) groups is 1. The minimum Gasteiger partial charge on any atom is -0.380 e. The minimum atomic E-state index is -0.414. The van der Waals surface area contributed by atoms with E-state index in [1.54, 1.807) is 16.8 Å². The predicted molar refractivity (Wildman–Crippen MR) is 83.9 cm³/mol. The van der Waals surface area contributed by atoms with Crippen LogP contribution in [0.5, 0.6) is 0 Å². The Labute approximate surface area is 127 Å². The first-order valence-electron chi connectivity index (χ1n) is 6.00. The van der Waals surface area contributed by atoms with Crippen molar-refractivity contribution in [2.75, 3.05) is 0 Å². The number of benzene rings is 1. The SMILES string of the molecule is Cc1cccc(C(=O)OSC(=S)n2nc(C)cc2C)c1. The van der Waals surface area contributed by atoms with Gasteiger partial charge < -0.3 is 4.18 Å². The lowest BCUT2D eigenvalue weighted by atomic mass is 10.1. The fraction of sp³-hybridized carbons (Fsp3) is 0.214. The van der Waals surface area contributed by atoms with Gasteiger partial charge in [0.1, 0.15) is 12.0 Å². The summed E-state index contributed by atoms with van der Waals surface area (Å²) in [5.74, 6) is -0.414. The summed E-state index contributed by atoms with van der Waals surface area (Å²) in [6.45, 7) is 5.70. The van der Waals surface area contributed by atoms with Gasteiger partial charge in [0.2, 0.25) is 4.32 Å². The van der Waals surface area contributed by atoms with Crippen LogP contribution in [0.4, 0.5) is 0 Å². The van der Waals surface area contributed by atoms with Gasteiger partial charge in [0.05, 0.1) is 11.3 Å². The zero-order valence-electron chi connectivity index (χ0n) is 11.4. The molecular formula is C14H14N2O2S2. The molecule has 0 aliphatic carbocycles.